The average Bonchev–Trinajstić information content (AvgIpc) is 2.92. The van der Waals surface area contributed by atoms with Gasteiger partial charge in [-0.3, -0.25) is 0 Å². The SMILES string of the molecule is Cc1cc(S(C)(=O)=O)c(C)c(S(=O)(=O)NCCC2CCNC2)c1. The van der Waals surface area contributed by atoms with Gasteiger partial charge in [0.15, 0.2) is 9.84 Å². The van der Waals surface area contributed by atoms with E-state index in [-0.39, 0.29) is 15.4 Å². The fourth-order valence-corrected chi connectivity index (χ4v) is 5.42. The maximum absolute atomic E-state index is 12.5. The summed E-state index contributed by atoms with van der Waals surface area (Å²) in [7, 11) is -7.20. The molecule has 130 valence electrons. The van der Waals surface area contributed by atoms with Gasteiger partial charge >= 0.3 is 0 Å². The summed E-state index contributed by atoms with van der Waals surface area (Å²) in [5.41, 5.74) is 0.879. The van der Waals surface area contributed by atoms with Crippen molar-refractivity contribution in [2.45, 2.75) is 36.5 Å². The number of benzene rings is 1. The van der Waals surface area contributed by atoms with E-state index in [0.717, 1.165) is 32.2 Å². The second-order valence-electron chi connectivity index (χ2n) is 6.20. The summed E-state index contributed by atoms with van der Waals surface area (Å²) in [6.45, 7) is 5.48. The van der Waals surface area contributed by atoms with Crippen LogP contribution in [0.15, 0.2) is 21.9 Å². The number of hydrogen-bond acceptors (Lipinski definition) is 5. The van der Waals surface area contributed by atoms with Crippen molar-refractivity contribution in [2.75, 3.05) is 25.9 Å². The summed E-state index contributed by atoms with van der Waals surface area (Å²) >= 11 is 0. The molecule has 0 bridgehead atoms. The standard InChI is InChI=1S/C15H24N2O4S2/c1-11-8-14(22(3,18)19)12(2)15(9-11)23(20,21)17-7-5-13-4-6-16-10-13/h8-9,13,16-17H,4-7,10H2,1-3H3. The van der Waals surface area contributed by atoms with Gasteiger partial charge in [0.25, 0.3) is 0 Å². The molecule has 6 nitrogen and oxygen atoms in total. The zero-order chi connectivity index (χ0) is 17.3. The number of sulfonamides is 1. The van der Waals surface area contributed by atoms with Crippen LogP contribution in [-0.2, 0) is 19.9 Å². The van der Waals surface area contributed by atoms with Crippen LogP contribution in [-0.4, -0.2) is 42.7 Å². The molecule has 1 aliphatic heterocycles. The van der Waals surface area contributed by atoms with Crippen LogP contribution >= 0.6 is 0 Å². The topological polar surface area (TPSA) is 92.3 Å². The van der Waals surface area contributed by atoms with Gasteiger partial charge in [0.2, 0.25) is 10.0 Å². The number of aryl methyl sites for hydroxylation is 1. The molecule has 1 aromatic carbocycles. The normalized spacial score (nSPS) is 19.2. The third-order valence-corrected chi connectivity index (χ3v) is 6.96. The van der Waals surface area contributed by atoms with Gasteiger partial charge in [-0.25, -0.2) is 21.6 Å². The molecule has 2 N–H and O–H groups in total. The summed E-state index contributed by atoms with van der Waals surface area (Å²) in [5, 5.41) is 3.25. The first-order valence-electron chi connectivity index (χ1n) is 7.63. The first kappa shape index (κ1) is 18.4. The molecule has 1 atom stereocenters. The molecule has 0 radical (unpaired) electrons. The quantitative estimate of drug-likeness (QED) is 0.789. The highest BCUT2D eigenvalue weighted by atomic mass is 32.2. The molecule has 1 fully saturated rings. The van der Waals surface area contributed by atoms with Crippen LogP contribution in [0.2, 0.25) is 0 Å². The molecule has 0 spiro atoms. The molecule has 0 aromatic heterocycles. The van der Waals surface area contributed by atoms with Crippen LogP contribution in [0.3, 0.4) is 0 Å². The van der Waals surface area contributed by atoms with Crippen LogP contribution in [0.1, 0.15) is 24.0 Å². The fraction of sp³-hybridized carbons (Fsp3) is 0.600. The summed E-state index contributed by atoms with van der Waals surface area (Å²) in [4.78, 5) is 0.111. The van der Waals surface area contributed by atoms with Crippen LogP contribution in [0.4, 0.5) is 0 Å². The predicted octanol–water partition coefficient (Wildman–Crippen LogP) is 0.985. The molecule has 0 saturated carbocycles. The van der Waals surface area contributed by atoms with Gasteiger partial charge in [0.1, 0.15) is 0 Å². The first-order valence-corrected chi connectivity index (χ1v) is 11.0. The maximum Gasteiger partial charge on any atom is 0.240 e. The second-order valence-corrected chi connectivity index (χ2v) is 9.92. The Kier molecular flexibility index (Phi) is 5.50. The Bertz CT molecular complexity index is 780. The average molecular weight is 361 g/mol. The molecule has 1 saturated heterocycles. The van der Waals surface area contributed by atoms with Gasteiger partial charge in [-0.05, 0) is 69.0 Å². The highest BCUT2D eigenvalue weighted by molar-refractivity contribution is 7.91. The van der Waals surface area contributed by atoms with Crippen molar-refractivity contribution in [1.29, 1.82) is 0 Å². The number of hydrogen-bond donors (Lipinski definition) is 2. The maximum atomic E-state index is 12.5. The Morgan fingerprint density at radius 1 is 1.17 bits per heavy atom. The Labute approximate surface area is 138 Å². The molecule has 1 aromatic rings. The lowest BCUT2D eigenvalue weighted by molar-refractivity contribution is 0.519. The smallest absolute Gasteiger partial charge is 0.240 e. The fourth-order valence-electron chi connectivity index (χ4n) is 2.89. The zero-order valence-electron chi connectivity index (χ0n) is 13.7. The predicted molar refractivity (Wildman–Crippen MR) is 89.8 cm³/mol. The summed E-state index contributed by atoms with van der Waals surface area (Å²) in [6.07, 6.45) is 2.92. The first-order chi connectivity index (χ1) is 10.6. The number of nitrogens with one attached hydrogen (secondary N) is 2. The van der Waals surface area contributed by atoms with Crippen LogP contribution < -0.4 is 10.0 Å². The number of sulfone groups is 1. The van der Waals surface area contributed by atoms with Crippen molar-refractivity contribution in [3.8, 4) is 0 Å². The number of rotatable bonds is 6. The van der Waals surface area contributed by atoms with E-state index >= 15 is 0 Å². The van der Waals surface area contributed by atoms with Crippen molar-refractivity contribution < 1.29 is 16.8 Å². The van der Waals surface area contributed by atoms with Crippen LogP contribution in [0, 0.1) is 19.8 Å². The molecule has 8 heteroatoms. The van der Waals surface area contributed by atoms with Gasteiger partial charge in [0.05, 0.1) is 9.79 Å². The molecule has 0 amide bonds. The Morgan fingerprint density at radius 3 is 2.39 bits per heavy atom. The minimum atomic E-state index is -3.72. The Hall–Kier alpha value is -0.960. The van der Waals surface area contributed by atoms with Gasteiger partial charge in [-0.1, -0.05) is 0 Å². The molecular formula is C15H24N2O4S2. The molecule has 1 unspecified atom stereocenters. The minimum absolute atomic E-state index is 0.0440. The lowest BCUT2D eigenvalue weighted by Gasteiger charge is -2.14. The molecule has 1 aliphatic rings. The monoisotopic (exact) mass is 360 g/mol. The van der Waals surface area contributed by atoms with Crippen molar-refractivity contribution >= 4 is 19.9 Å². The van der Waals surface area contributed by atoms with E-state index in [1.807, 2.05) is 0 Å². The van der Waals surface area contributed by atoms with E-state index in [9.17, 15) is 16.8 Å². The zero-order valence-corrected chi connectivity index (χ0v) is 15.4. The Morgan fingerprint density at radius 2 is 1.83 bits per heavy atom. The lowest BCUT2D eigenvalue weighted by Crippen LogP contribution is -2.27. The van der Waals surface area contributed by atoms with Crippen LogP contribution in [0.5, 0.6) is 0 Å². The van der Waals surface area contributed by atoms with E-state index in [1.54, 1.807) is 6.92 Å². The van der Waals surface area contributed by atoms with E-state index in [1.165, 1.54) is 19.1 Å². The highest BCUT2D eigenvalue weighted by Crippen LogP contribution is 2.25. The van der Waals surface area contributed by atoms with E-state index in [0.29, 0.717) is 18.0 Å². The molecular weight excluding hydrogens is 336 g/mol. The minimum Gasteiger partial charge on any atom is -0.316 e. The van der Waals surface area contributed by atoms with Gasteiger partial charge in [-0.15, -0.1) is 0 Å². The Balaban J connectivity index is 2.23. The highest BCUT2D eigenvalue weighted by Gasteiger charge is 2.23. The van der Waals surface area contributed by atoms with Gasteiger partial charge < -0.3 is 5.32 Å². The van der Waals surface area contributed by atoms with Crippen molar-refractivity contribution in [1.82, 2.24) is 10.0 Å². The molecule has 2 rings (SSSR count). The molecule has 0 aliphatic carbocycles. The third kappa shape index (κ3) is 4.53. The molecule has 23 heavy (non-hydrogen) atoms. The summed E-state index contributed by atoms with van der Waals surface area (Å²) in [6, 6.07) is 3.03. The van der Waals surface area contributed by atoms with Gasteiger partial charge in [0, 0.05) is 12.8 Å². The van der Waals surface area contributed by atoms with Crippen molar-refractivity contribution in [3.63, 3.8) is 0 Å². The largest absolute Gasteiger partial charge is 0.316 e. The van der Waals surface area contributed by atoms with Crippen molar-refractivity contribution in [2.24, 2.45) is 5.92 Å². The van der Waals surface area contributed by atoms with E-state index in [2.05, 4.69) is 10.0 Å². The second kappa shape index (κ2) is 6.88. The van der Waals surface area contributed by atoms with Crippen LogP contribution in [0.25, 0.3) is 0 Å². The third-order valence-electron chi connectivity index (χ3n) is 4.15. The van der Waals surface area contributed by atoms with E-state index in [4.69, 9.17) is 0 Å². The molecule has 1 heterocycles. The van der Waals surface area contributed by atoms with Gasteiger partial charge in [-0.2, -0.15) is 0 Å². The summed E-state index contributed by atoms with van der Waals surface area (Å²) in [5.74, 6) is 0.489. The van der Waals surface area contributed by atoms with E-state index < -0.39 is 19.9 Å². The van der Waals surface area contributed by atoms with Crippen molar-refractivity contribution in [3.05, 3.63) is 23.3 Å². The lowest BCUT2D eigenvalue weighted by atomic mass is 10.1. The summed E-state index contributed by atoms with van der Waals surface area (Å²) < 4.78 is 51.4.